The minimum Gasteiger partial charge on any atom is -0.462 e. The van der Waals surface area contributed by atoms with E-state index < -0.39 is 5.79 Å². The van der Waals surface area contributed by atoms with E-state index in [9.17, 15) is 0 Å². The molecule has 0 amide bonds. The fourth-order valence-corrected chi connectivity index (χ4v) is 3.69. The van der Waals surface area contributed by atoms with Crippen molar-refractivity contribution in [1.82, 2.24) is 10.3 Å². The number of hydrogen-bond acceptors (Lipinski definition) is 4. The van der Waals surface area contributed by atoms with Crippen LogP contribution in [0.3, 0.4) is 0 Å². The molecule has 0 atom stereocenters. The van der Waals surface area contributed by atoms with Crippen molar-refractivity contribution >= 4 is 10.8 Å². The summed E-state index contributed by atoms with van der Waals surface area (Å²) in [5.41, 5.74) is 3.17. The molecule has 2 aromatic carbocycles. The molecule has 3 aromatic rings. The molecule has 126 valence electrons. The van der Waals surface area contributed by atoms with E-state index in [1.807, 2.05) is 12.3 Å². The van der Waals surface area contributed by atoms with Gasteiger partial charge in [-0.15, -0.1) is 0 Å². The fourth-order valence-electron chi connectivity index (χ4n) is 3.69. The first kappa shape index (κ1) is 14.9. The lowest BCUT2D eigenvalue weighted by molar-refractivity contribution is -0.218. The van der Waals surface area contributed by atoms with Gasteiger partial charge in [0.1, 0.15) is 5.75 Å². The van der Waals surface area contributed by atoms with Crippen LogP contribution in [0.15, 0.2) is 54.7 Å². The van der Waals surface area contributed by atoms with Crippen LogP contribution in [0.1, 0.15) is 18.4 Å². The van der Waals surface area contributed by atoms with Crippen LogP contribution in [-0.2, 0) is 11.3 Å². The van der Waals surface area contributed by atoms with Gasteiger partial charge in [0.2, 0.25) is 5.79 Å². The zero-order chi connectivity index (χ0) is 16.7. The van der Waals surface area contributed by atoms with Crippen LogP contribution >= 0.6 is 0 Å². The van der Waals surface area contributed by atoms with Gasteiger partial charge in [-0.05, 0) is 29.7 Å². The van der Waals surface area contributed by atoms with Crippen LogP contribution in [0.25, 0.3) is 22.0 Å². The lowest BCUT2D eigenvalue weighted by Crippen LogP contribution is -2.49. The Morgan fingerprint density at radius 1 is 0.960 bits per heavy atom. The molecule has 5 rings (SSSR count). The van der Waals surface area contributed by atoms with Crippen molar-refractivity contribution in [3.63, 3.8) is 0 Å². The van der Waals surface area contributed by atoms with Gasteiger partial charge in [-0.1, -0.05) is 24.3 Å². The van der Waals surface area contributed by atoms with Crippen molar-refractivity contribution in [3.8, 4) is 17.0 Å². The molecule has 0 aliphatic carbocycles. The monoisotopic (exact) mass is 332 g/mol. The van der Waals surface area contributed by atoms with E-state index >= 15 is 0 Å². The third kappa shape index (κ3) is 2.68. The summed E-state index contributed by atoms with van der Waals surface area (Å²) < 4.78 is 12.4. The molecule has 4 heteroatoms. The molecule has 0 unspecified atom stereocenters. The SMILES string of the molecule is c1ccc2cc(-c3ccc4c(c3)COC3(CCNCC3)O4)ncc2c1. The number of aromatic nitrogens is 1. The summed E-state index contributed by atoms with van der Waals surface area (Å²) >= 11 is 0. The van der Waals surface area contributed by atoms with Crippen LogP contribution in [0, 0.1) is 0 Å². The van der Waals surface area contributed by atoms with Gasteiger partial charge >= 0.3 is 0 Å². The number of nitrogens with one attached hydrogen (secondary N) is 1. The third-order valence-electron chi connectivity index (χ3n) is 5.14. The molecule has 1 saturated heterocycles. The molecule has 2 aliphatic heterocycles. The van der Waals surface area contributed by atoms with Gasteiger partial charge in [0.05, 0.1) is 12.3 Å². The molecule has 1 fully saturated rings. The summed E-state index contributed by atoms with van der Waals surface area (Å²) in [6, 6.07) is 16.7. The van der Waals surface area contributed by atoms with E-state index in [0.29, 0.717) is 6.61 Å². The highest BCUT2D eigenvalue weighted by molar-refractivity contribution is 5.85. The van der Waals surface area contributed by atoms with Crippen LogP contribution in [0.2, 0.25) is 0 Å². The van der Waals surface area contributed by atoms with Gasteiger partial charge in [0.25, 0.3) is 0 Å². The first-order valence-corrected chi connectivity index (χ1v) is 8.83. The van der Waals surface area contributed by atoms with E-state index in [0.717, 1.165) is 53.9 Å². The Kier molecular flexibility index (Phi) is 3.47. The van der Waals surface area contributed by atoms with Gasteiger partial charge in [-0.2, -0.15) is 0 Å². The lowest BCUT2D eigenvalue weighted by Gasteiger charge is -2.41. The largest absolute Gasteiger partial charge is 0.462 e. The molecule has 0 bridgehead atoms. The summed E-state index contributed by atoms with van der Waals surface area (Å²) in [7, 11) is 0. The minimum absolute atomic E-state index is 0.443. The maximum Gasteiger partial charge on any atom is 0.213 e. The minimum atomic E-state index is -0.443. The predicted octanol–water partition coefficient (Wildman–Crippen LogP) is 3.89. The second-order valence-electron chi connectivity index (χ2n) is 6.79. The number of piperidine rings is 1. The highest BCUT2D eigenvalue weighted by Gasteiger charge is 2.38. The Bertz CT molecular complexity index is 932. The molecule has 1 N–H and O–H groups in total. The van der Waals surface area contributed by atoms with Gasteiger partial charge in [0.15, 0.2) is 0 Å². The molecule has 4 nitrogen and oxygen atoms in total. The van der Waals surface area contributed by atoms with E-state index in [1.165, 1.54) is 5.39 Å². The molecular formula is C21H20N2O2. The first-order valence-electron chi connectivity index (χ1n) is 8.83. The average molecular weight is 332 g/mol. The highest BCUT2D eigenvalue weighted by Crippen LogP contribution is 2.38. The van der Waals surface area contributed by atoms with Crippen molar-refractivity contribution in [2.45, 2.75) is 25.2 Å². The number of rotatable bonds is 1. The summed E-state index contributed by atoms with van der Waals surface area (Å²) in [5, 5.41) is 5.71. The summed E-state index contributed by atoms with van der Waals surface area (Å²) in [6.07, 6.45) is 3.71. The van der Waals surface area contributed by atoms with Crippen molar-refractivity contribution < 1.29 is 9.47 Å². The first-order chi connectivity index (χ1) is 12.3. The zero-order valence-electron chi connectivity index (χ0n) is 14.0. The Hall–Kier alpha value is -2.43. The number of benzene rings is 2. The van der Waals surface area contributed by atoms with Gasteiger partial charge < -0.3 is 14.8 Å². The number of hydrogen-bond donors (Lipinski definition) is 1. The van der Waals surface area contributed by atoms with Crippen LogP contribution in [0.4, 0.5) is 0 Å². The predicted molar refractivity (Wildman–Crippen MR) is 97.4 cm³/mol. The van der Waals surface area contributed by atoms with Gasteiger partial charge in [0, 0.05) is 48.6 Å². The topological polar surface area (TPSA) is 43.4 Å². The second-order valence-corrected chi connectivity index (χ2v) is 6.79. The smallest absolute Gasteiger partial charge is 0.213 e. The van der Waals surface area contributed by atoms with Crippen molar-refractivity contribution in [2.24, 2.45) is 0 Å². The molecule has 1 aromatic heterocycles. The highest BCUT2D eigenvalue weighted by atomic mass is 16.7. The molecule has 1 spiro atoms. The average Bonchev–Trinajstić information content (AvgIpc) is 2.68. The Morgan fingerprint density at radius 2 is 1.80 bits per heavy atom. The van der Waals surface area contributed by atoms with E-state index in [4.69, 9.17) is 9.47 Å². The van der Waals surface area contributed by atoms with Crippen molar-refractivity contribution in [2.75, 3.05) is 13.1 Å². The third-order valence-corrected chi connectivity index (χ3v) is 5.14. The Labute approximate surface area is 146 Å². The number of pyridine rings is 1. The lowest BCUT2D eigenvalue weighted by atomic mass is 10.0. The van der Waals surface area contributed by atoms with E-state index in [-0.39, 0.29) is 0 Å². The Balaban J connectivity index is 1.48. The summed E-state index contributed by atoms with van der Waals surface area (Å²) in [5.74, 6) is 0.499. The van der Waals surface area contributed by atoms with Crippen LogP contribution in [-0.4, -0.2) is 23.9 Å². The maximum absolute atomic E-state index is 6.24. The second kappa shape index (κ2) is 5.83. The molecule has 0 radical (unpaired) electrons. The summed E-state index contributed by atoms with van der Waals surface area (Å²) in [6.45, 7) is 2.47. The Morgan fingerprint density at radius 3 is 2.68 bits per heavy atom. The standard InChI is InChI=1S/C21H20N2O2/c1-2-4-17-13-23-19(12-15(17)3-1)16-5-6-20-18(11-16)14-24-21(25-20)7-9-22-10-8-21/h1-6,11-13,22H,7-10,14H2. The fraction of sp³-hybridized carbons (Fsp3) is 0.286. The normalized spacial score (nSPS) is 18.7. The van der Waals surface area contributed by atoms with E-state index in [1.54, 1.807) is 0 Å². The van der Waals surface area contributed by atoms with E-state index in [2.05, 4.69) is 52.8 Å². The van der Waals surface area contributed by atoms with Gasteiger partial charge in [-0.3, -0.25) is 4.98 Å². The van der Waals surface area contributed by atoms with Crippen molar-refractivity contribution in [3.05, 3.63) is 60.3 Å². The van der Waals surface area contributed by atoms with Crippen LogP contribution < -0.4 is 10.1 Å². The molecular weight excluding hydrogens is 312 g/mol. The molecule has 3 heterocycles. The molecule has 0 saturated carbocycles. The summed E-state index contributed by atoms with van der Waals surface area (Å²) in [4.78, 5) is 4.62. The zero-order valence-corrected chi connectivity index (χ0v) is 14.0. The van der Waals surface area contributed by atoms with Crippen LogP contribution in [0.5, 0.6) is 5.75 Å². The maximum atomic E-state index is 6.24. The number of ether oxygens (including phenoxy) is 2. The number of fused-ring (bicyclic) bond motifs is 2. The quantitative estimate of drug-likeness (QED) is 0.734. The molecule has 2 aliphatic rings. The molecule has 25 heavy (non-hydrogen) atoms. The number of nitrogens with zero attached hydrogens (tertiary/aromatic N) is 1. The van der Waals surface area contributed by atoms with Crippen molar-refractivity contribution in [1.29, 1.82) is 0 Å². The van der Waals surface area contributed by atoms with Gasteiger partial charge in [-0.25, -0.2) is 0 Å².